The largest absolute Gasteiger partial charge is 0.497 e. The highest BCUT2D eigenvalue weighted by Gasteiger charge is 2.32. The van der Waals surface area contributed by atoms with Crippen molar-refractivity contribution in [2.75, 3.05) is 19.4 Å². The van der Waals surface area contributed by atoms with E-state index < -0.39 is 5.91 Å². The third-order valence-corrected chi connectivity index (χ3v) is 5.15. The van der Waals surface area contributed by atoms with Gasteiger partial charge in [0.2, 0.25) is 11.8 Å². The van der Waals surface area contributed by atoms with E-state index in [0.29, 0.717) is 18.7 Å². The number of hydrogen-bond acceptors (Lipinski definition) is 5. The quantitative estimate of drug-likeness (QED) is 0.588. The number of ether oxygens (including phenoxy) is 1. The third kappa shape index (κ3) is 4.62. The SMILES string of the molecule is COc1ccc(C2SCC(=O)N2CCC(C)CC(=O)NO)cc1. The number of benzene rings is 1. The van der Waals surface area contributed by atoms with Gasteiger partial charge in [-0.3, -0.25) is 14.8 Å². The molecule has 1 fully saturated rings. The van der Waals surface area contributed by atoms with Gasteiger partial charge in [0.25, 0.3) is 0 Å². The summed E-state index contributed by atoms with van der Waals surface area (Å²) in [5.41, 5.74) is 2.71. The monoisotopic (exact) mass is 338 g/mol. The van der Waals surface area contributed by atoms with E-state index in [-0.39, 0.29) is 23.6 Å². The van der Waals surface area contributed by atoms with Crippen molar-refractivity contribution in [1.82, 2.24) is 10.4 Å². The zero-order chi connectivity index (χ0) is 16.8. The van der Waals surface area contributed by atoms with E-state index >= 15 is 0 Å². The molecule has 126 valence electrons. The Morgan fingerprint density at radius 2 is 2.17 bits per heavy atom. The number of methoxy groups -OCH3 is 1. The third-order valence-electron chi connectivity index (χ3n) is 3.89. The Bertz CT molecular complexity index is 550. The fraction of sp³-hybridized carbons (Fsp3) is 0.500. The molecule has 2 N–H and O–H groups in total. The minimum Gasteiger partial charge on any atom is -0.497 e. The van der Waals surface area contributed by atoms with Crippen LogP contribution in [-0.2, 0) is 9.59 Å². The summed E-state index contributed by atoms with van der Waals surface area (Å²) in [6.45, 7) is 2.54. The first kappa shape index (κ1) is 17.6. The van der Waals surface area contributed by atoms with Crippen LogP contribution in [0.3, 0.4) is 0 Å². The van der Waals surface area contributed by atoms with Crippen molar-refractivity contribution in [3.05, 3.63) is 29.8 Å². The van der Waals surface area contributed by atoms with Crippen LogP contribution in [0.25, 0.3) is 0 Å². The van der Waals surface area contributed by atoms with Crippen molar-refractivity contribution in [1.29, 1.82) is 0 Å². The van der Waals surface area contributed by atoms with E-state index in [1.807, 2.05) is 36.1 Å². The number of nitrogens with one attached hydrogen (secondary N) is 1. The van der Waals surface area contributed by atoms with Gasteiger partial charge >= 0.3 is 0 Å². The molecule has 0 aliphatic carbocycles. The summed E-state index contributed by atoms with van der Waals surface area (Å²) in [7, 11) is 1.62. The van der Waals surface area contributed by atoms with Gasteiger partial charge in [-0.15, -0.1) is 11.8 Å². The molecule has 2 unspecified atom stereocenters. The summed E-state index contributed by atoms with van der Waals surface area (Å²) >= 11 is 1.61. The molecule has 0 aromatic heterocycles. The Morgan fingerprint density at radius 3 is 2.78 bits per heavy atom. The zero-order valence-electron chi connectivity index (χ0n) is 13.3. The predicted molar refractivity (Wildman–Crippen MR) is 88.2 cm³/mol. The van der Waals surface area contributed by atoms with Crippen LogP contribution < -0.4 is 10.2 Å². The molecule has 2 amide bonds. The highest BCUT2D eigenvalue weighted by Crippen LogP contribution is 2.39. The molecule has 6 nitrogen and oxygen atoms in total. The molecule has 0 spiro atoms. The van der Waals surface area contributed by atoms with Crippen LogP contribution in [0.1, 0.15) is 30.7 Å². The lowest BCUT2D eigenvalue weighted by Crippen LogP contribution is -2.31. The lowest BCUT2D eigenvalue weighted by Gasteiger charge is -2.25. The maximum atomic E-state index is 12.1. The molecule has 1 aromatic carbocycles. The van der Waals surface area contributed by atoms with Gasteiger partial charge in [-0.2, -0.15) is 0 Å². The molecule has 7 heteroatoms. The fourth-order valence-electron chi connectivity index (χ4n) is 2.56. The van der Waals surface area contributed by atoms with Crippen molar-refractivity contribution >= 4 is 23.6 Å². The predicted octanol–water partition coefficient (Wildman–Crippen LogP) is 2.19. The van der Waals surface area contributed by atoms with Crippen LogP contribution in [0.4, 0.5) is 0 Å². The normalized spacial score (nSPS) is 18.8. The molecule has 23 heavy (non-hydrogen) atoms. The Morgan fingerprint density at radius 1 is 1.48 bits per heavy atom. The number of carbonyl (C=O) groups excluding carboxylic acids is 2. The lowest BCUT2D eigenvalue weighted by molar-refractivity contribution is -0.130. The van der Waals surface area contributed by atoms with Crippen LogP contribution in [0.5, 0.6) is 5.75 Å². The minimum atomic E-state index is -0.397. The van der Waals surface area contributed by atoms with Gasteiger partial charge in [-0.05, 0) is 30.0 Å². The van der Waals surface area contributed by atoms with Crippen molar-refractivity contribution in [2.45, 2.75) is 25.1 Å². The Labute approximate surface area is 140 Å². The molecule has 1 aromatic rings. The van der Waals surface area contributed by atoms with E-state index in [1.165, 1.54) is 0 Å². The molecule has 1 aliphatic rings. The van der Waals surface area contributed by atoms with Gasteiger partial charge in [0.15, 0.2) is 0 Å². The molecule has 1 aliphatic heterocycles. The van der Waals surface area contributed by atoms with Gasteiger partial charge in [0.05, 0.1) is 12.9 Å². The maximum Gasteiger partial charge on any atom is 0.243 e. The van der Waals surface area contributed by atoms with E-state index in [9.17, 15) is 9.59 Å². The van der Waals surface area contributed by atoms with E-state index in [2.05, 4.69) is 0 Å². The van der Waals surface area contributed by atoms with Crippen LogP contribution in [-0.4, -0.2) is 41.3 Å². The first-order chi connectivity index (χ1) is 11.0. The number of carbonyl (C=O) groups is 2. The van der Waals surface area contributed by atoms with Crippen molar-refractivity contribution in [2.24, 2.45) is 5.92 Å². The van der Waals surface area contributed by atoms with E-state index in [1.54, 1.807) is 24.4 Å². The molecular weight excluding hydrogens is 316 g/mol. The van der Waals surface area contributed by atoms with Crippen molar-refractivity contribution in [3.63, 3.8) is 0 Å². The molecule has 1 saturated heterocycles. The number of hydrogen-bond donors (Lipinski definition) is 2. The summed E-state index contributed by atoms with van der Waals surface area (Å²) in [5, 5.41) is 8.57. The first-order valence-electron chi connectivity index (χ1n) is 7.53. The molecular formula is C16H22N2O4S. The summed E-state index contributed by atoms with van der Waals surface area (Å²) in [6.07, 6.45) is 0.964. The Balaban J connectivity index is 1.97. The number of nitrogens with zero attached hydrogens (tertiary/aromatic N) is 1. The van der Waals surface area contributed by atoms with Crippen molar-refractivity contribution < 1.29 is 19.5 Å². The molecule has 2 atom stereocenters. The van der Waals surface area contributed by atoms with Crippen LogP contribution >= 0.6 is 11.8 Å². The second-order valence-electron chi connectivity index (χ2n) is 5.66. The number of rotatable bonds is 7. The molecule has 0 radical (unpaired) electrons. The van der Waals surface area contributed by atoms with Gasteiger partial charge in [-0.25, -0.2) is 5.48 Å². The lowest BCUT2D eigenvalue weighted by atomic mass is 10.0. The average molecular weight is 338 g/mol. The summed E-state index contributed by atoms with van der Waals surface area (Å²) in [6, 6.07) is 7.74. The number of amides is 2. The van der Waals surface area contributed by atoms with Gasteiger partial charge < -0.3 is 9.64 Å². The smallest absolute Gasteiger partial charge is 0.243 e. The van der Waals surface area contributed by atoms with Gasteiger partial charge in [-0.1, -0.05) is 19.1 Å². The molecule has 0 saturated carbocycles. The number of hydroxylamine groups is 1. The summed E-state index contributed by atoms with van der Waals surface area (Å²) in [5.74, 6) is 1.08. The van der Waals surface area contributed by atoms with Crippen LogP contribution in [0.15, 0.2) is 24.3 Å². The second kappa shape index (κ2) is 8.21. The van der Waals surface area contributed by atoms with Crippen LogP contribution in [0.2, 0.25) is 0 Å². The zero-order valence-corrected chi connectivity index (χ0v) is 14.1. The molecule has 1 heterocycles. The summed E-state index contributed by atoms with van der Waals surface area (Å²) in [4.78, 5) is 25.2. The fourth-order valence-corrected chi connectivity index (χ4v) is 3.78. The highest BCUT2D eigenvalue weighted by molar-refractivity contribution is 8.00. The molecule has 2 rings (SSSR count). The highest BCUT2D eigenvalue weighted by atomic mass is 32.2. The van der Waals surface area contributed by atoms with E-state index in [0.717, 1.165) is 11.3 Å². The topological polar surface area (TPSA) is 78.9 Å². The second-order valence-corrected chi connectivity index (χ2v) is 6.73. The maximum absolute atomic E-state index is 12.1. The molecule has 0 bridgehead atoms. The first-order valence-corrected chi connectivity index (χ1v) is 8.58. The van der Waals surface area contributed by atoms with Gasteiger partial charge in [0, 0.05) is 13.0 Å². The van der Waals surface area contributed by atoms with E-state index in [4.69, 9.17) is 9.94 Å². The Kier molecular flexibility index (Phi) is 6.29. The summed E-state index contributed by atoms with van der Waals surface area (Å²) < 4.78 is 5.16. The standard InChI is InChI=1S/C16H22N2O4S/c1-11(9-14(19)17-21)7-8-18-15(20)10-23-16(18)12-3-5-13(22-2)6-4-12/h3-6,11,16,21H,7-10H2,1-2H3,(H,17,19). The number of thioether (sulfide) groups is 1. The average Bonchev–Trinajstić information content (AvgIpc) is 2.93. The van der Waals surface area contributed by atoms with Crippen molar-refractivity contribution in [3.8, 4) is 5.75 Å². The Hall–Kier alpha value is -1.73. The van der Waals surface area contributed by atoms with Crippen LogP contribution in [0, 0.1) is 5.92 Å². The minimum absolute atomic E-state index is 0.00674. The van der Waals surface area contributed by atoms with Gasteiger partial charge in [0.1, 0.15) is 11.1 Å².